The van der Waals surface area contributed by atoms with Crippen molar-refractivity contribution in [3.05, 3.63) is 72.6 Å². The van der Waals surface area contributed by atoms with Crippen LogP contribution >= 0.6 is 0 Å². The van der Waals surface area contributed by atoms with Crippen LogP contribution in [0.25, 0.3) is 5.69 Å². The standard InChI is InChI=1S/C20H21N5O2/c1-14(2)22-20(27)24-17-8-6-16(7-9-17)23-19(26)15-4-10-18(11-5-15)25-13-3-12-21-25/h3-14H,1-2H3,(H,23,26)(H2,22,24,27). The molecule has 3 aromatic rings. The molecule has 3 N–H and O–H groups in total. The van der Waals surface area contributed by atoms with Crippen LogP contribution in [0.2, 0.25) is 0 Å². The van der Waals surface area contributed by atoms with Crippen LogP contribution in [-0.2, 0) is 0 Å². The molecule has 0 saturated heterocycles. The van der Waals surface area contributed by atoms with Crippen molar-refractivity contribution >= 4 is 23.3 Å². The number of rotatable bonds is 5. The Balaban J connectivity index is 1.60. The number of hydrogen-bond donors (Lipinski definition) is 3. The first-order chi connectivity index (χ1) is 13.0. The molecule has 0 atom stereocenters. The van der Waals surface area contributed by atoms with Gasteiger partial charge in [-0.1, -0.05) is 0 Å². The zero-order valence-electron chi connectivity index (χ0n) is 15.1. The van der Waals surface area contributed by atoms with E-state index in [2.05, 4.69) is 21.0 Å². The van der Waals surface area contributed by atoms with Gasteiger partial charge in [-0.05, 0) is 68.4 Å². The number of amides is 3. The van der Waals surface area contributed by atoms with E-state index in [-0.39, 0.29) is 18.0 Å². The Hall–Kier alpha value is -3.61. The molecule has 0 saturated carbocycles. The molecule has 1 aromatic heterocycles. The van der Waals surface area contributed by atoms with E-state index in [0.29, 0.717) is 16.9 Å². The van der Waals surface area contributed by atoms with E-state index in [9.17, 15) is 9.59 Å². The summed E-state index contributed by atoms with van der Waals surface area (Å²) in [4.78, 5) is 24.1. The van der Waals surface area contributed by atoms with Crippen LogP contribution in [0.3, 0.4) is 0 Å². The molecule has 0 fully saturated rings. The largest absolute Gasteiger partial charge is 0.336 e. The van der Waals surface area contributed by atoms with E-state index in [1.807, 2.05) is 38.2 Å². The summed E-state index contributed by atoms with van der Waals surface area (Å²) in [7, 11) is 0. The lowest BCUT2D eigenvalue weighted by atomic mass is 10.2. The SMILES string of the molecule is CC(C)NC(=O)Nc1ccc(NC(=O)c2ccc(-n3cccn3)cc2)cc1. The highest BCUT2D eigenvalue weighted by molar-refractivity contribution is 6.04. The van der Waals surface area contributed by atoms with E-state index in [1.165, 1.54) is 0 Å². The molecule has 0 aliphatic rings. The summed E-state index contributed by atoms with van der Waals surface area (Å²) in [6.07, 6.45) is 3.54. The van der Waals surface area contributed by atoms with Gasteiger partial charge < -0.3 is 16.0 Å². The molecular weight excluding hydrogens is 342 g/mol. The fraction of sp³-hybridized carbons (Fsp3) is 0.150. The fourth-order valence-electron chi connectivity index (χ4n) is 2.46. The van der Waals surface area contributed by atoms with E-state index in [1.54, 1.807) is 47.3 Å². The number of anilines is 2. The van der Waals surface area contributed by atoms with Gasteiger partial charge in [-0.2, -0.15) is 5.10 Å². The number of hydrogen-bond acceptors (Lipinski definition) is 3. The lowest BCUT2D eigenvalue weighted by Crippen LogP contribution is -2.34. The molecule has 138 valence electrons. The van der Waals surface area contributed by atoms with Gasteiger partial charge in [-0.25, -0.2) is 9.48 Å². The van der Waals surface area contributed by atoms with Crippen molar-refractivity contribution in [1.82, 2.24) is 15.1 Å². The highest BCUT2D eigenvalue weighted by Crippen LogP contribution is 2.15. The molecule has 3 rings (SSSR count). The molecule has 1 heterocycles. The van der Waals surface area contributed by atoms with Crippen LogP contribution < -0.4 is 16.0 Å². The van der Waals surface area contributed by atoms with Gasteiger partial charge in [0, 0.05) is 35.4 Å². The summed E-state index contributed by atoms with van der Waals surface area (Å²) in [6, 6.07) is 15.7. The minimum atomic E-state index is -0.265. The summed E-state index contributed by atoms with van der Waals surface area (Å²) in [5.74, 6) is -0.208. The third-order valence-corrected chi connectivity index (χ3v) is 3.72. The second-order valence-electron chi connectivity index (χ2n) is 6.28. The van der Waals surface area contributed by atoms with Crippen molar-refractivity contribution in [3.63, 3.8) is 0 Å². The number of aromatic nitrogens is 2. The van der Waals surface area contributed by atoms with Crippen LogP contribution in [0, 0.1) is 0 Å². The van der Waals surface area contributed by atoms with E-state index in [4.69, 9.17) is 0 Å². The average Bonchev–Trinajstić information content (AvgIpc) is 3.17. The molecule has 0 aliphatic carbocycles. The minimum absolute atomic E-state index is 0.0586. The summed E-state index contributed by atoms with van der Waals surface area (Å²) >= 11 is 0. The minimum Gasteiger partial charge on any atom is -0.336 e. The topological polar surface area (TPSA) is 88.0 Å². The van der Waals surface area contributed by atoms with Gasteiger partial charge in [0.05, 0.1) is 5.69 Å². The molecular formula is C20H21N5O2. The maximum atomic E-state index is 12.4. The Morgan fingerprint density at radius 2 is 1.56 bits per heavy atom. The van der Waals surface area contributed by atoms with Gasteiger partial charge in [0.25, 0.3) is 5.91 Å². The molecule has 3 amide bonds. The molecule has 7 nitrogen and oxygen atoms in total. The number of nitrogens with one attached hydrogen (secondary N) is 3. The van der Waals surface area contributed by atoms with E-state index < -0.39 is 0 Å². The lowest BCUT2D eigenvalue weighted by molar-refractivity contribution is 0.102. The molecule has 7 heteroatoms. The highest BCUT2D eigenvalue weighted by atomic mass is 16.2. The lowest BCUT2D eigenvalue weighted by Gasteiger charge is -2.11. The van der Waals surface area contributed by atoms with Crippen molar-refractivity contribution in [2.75, 3.05) is 10.6 Å². The van der Waals surface area contributed by atoms with Gasteiger partial charge >= 0.3 is 6.03 Å². The summed E-state index contributed by atoms with van der Waals surface area (Å²) in [6.45, 7) is 3.78. The first-order valence-electron chi connectivity index (χ1n) is 8.60. The van der Waals surface area contributed by atoms with E-state index >= 15 is 0 Å². The van der Waals surface area contributed by atoms with Gasteiger partial charge in [0.1, 0.15) is 0 Å². The number of nitrogens with zero attached hydrogens (tertiary/aromatic N) is 2. The second kappa shape index (κ2) is 8.18. The van der Waals surface area contributed by atoms with Gasteiger partial charge in [-0.3, -0.25) is 4.79 Å². The summed E-state index contributed by atoms with van der Waals surface area (Å²) in [5.41, 5.74) is 2.72. The van der Waals surface area contributed by atoms with E-state index in [0.717, 1.165) is 5.69 Å². The fourth-order valence-corrected chi connectivity index (χ4v) is 2.46. The third-order valence-electron chi connectivity index (χ3n) is 3.72. The zero-order valence-corrected chi connectivity index (χ0v) is 15.1. The normalized spacial score (nSPS) is 10.5. The van der Waals surface area contributed by atoms with Gasteiger partial charge in [-0.15, -0.1) is 0 Å². The molecule has 0 bridgehead atoms. The number of carbonyl (C=O) groups excluding carboxylic acids is 2. The Labute approximate surface area is 157 Å². The predicted molar refractivity (Wildman–Crippen MR) is 105 cm³/mol. The van der Waals surface area contributed by atoms with Gasteiger partial charge in [0.15, 0.2) is 0 Å². The molecule has 0 unspecified atom stereocenters. The Kier molecular flexibility index (Phi) is 5.51. The predicted octanol–water partition coefficient (Wildman–Crippen LogP) is 3.65. The highest BCUT2D eigenvalue weighted by Gasteiger charge is 2.08. The number of carbonyl (C=O) groups is 2. The van der Waals surface area contributed by atoms with Crippen molar-refractivity contribution in [2.24, 2.45) is 0 Å². The summed E-state index contributed by atoms with van der Waals surface area (Å²) < 4.78 is 1.73. The Morgan fingerprint density at radius 1 is 0.926 bits per heavy atom. The quantitative estimate of drug-likeness (QED) is 0.646. The van der Waals surface area contributed by atoms with Crippen molar-refractivity contribution < 1.29 is 9.59 Å². The second-order valence-corrected chi connectivity index (χ2v) is 6.28. The molecule has 27 heavy (non-hydrogen) atoms. The monoisotopic (exact) mass is 363 g/mol. The average molecular weight is 363 g/mol. The third kappa shape index (κ3) is 4.94. The first-order valence-corrected chi connectivity index (χ1v) is 8.60. The molecule has 0 radical (unpaired) electrons. The van der Waals surface area contributed by atoms with Crippen LogP contribution in [0.1, 0.15) is 24.2 Å². The van der Waals surface area contributed by atoms with Crippen LogP contribution in [0.5, 0.6) is 0 Å². The maximum Gasteiger partial charge on any atom is 0.319 e. The molecule has 0 spiro atoms. The first kappa shape index (κ1) is 18.2. The van der Waals surface area contributed by atoms with Gasteiger partial charge in [0.2, 0.25) is 0 Å². The molecule has 0 aliphatic heterocycles. The molecule has 2 aromatic carbocycles. The Bertz CT molecular complexity index is 901. The van der Waals surface area contributed by atoms with Crippen molar-refractivity contribution in [3.8, 4) is 5.69 Å². The van der Waals surface area contributed by atoms with Crippen molar-refractivity contribution in [2.45, 2.75) is 19.9 Å². The smallest absolute Gasteiger partial charge is 0.319 e. The van der Waals surface area contributed by atoms with Crippen molar-refractivity contribution in [1.29, 1.82) is 0 Å². The van der Waals surface area contributed by atoms with Crippen LogP contribution in [-0.4, -0.2) is 27.8 Å². The zero-order chi connectivity index (χ0) is 19.2. The number of urea groups is 1. The summed E-state index contributed by atoms with van der Waals surface area (Å²) in [5, 5.41) is 12.5. The van der Waals surface area contributed by atoms with Crippen LogP contribution in [0.4, 0.5) is 16.2 Å². The maximum absolute atomic E-state index is 12.4. The Morgan fingerprint density at radius 3 is 2.11 bits per heavy atom. The number of benzene rings is 2. The van der Waals surface area contributed by atoms with Crippen LogP contribution in [0.15, 0.2) is 67.0 Å².